The second-order valence-corrected chi connectivity index (χ2v) is 7.08. The third-order valence-corrected chi connectivity index (χ3v) is 4.94. The van der Waals surface area contributed by atoms with Crippen molar-refractivity contribution >= 4 is 11.6 Å². The van der Waals surface area contributed by atoms with Gasteiger partial charge in [0.05, 0.1) is 19.9 Å². The van der Waals surface area contributed by atoms with E-state index in [1.54, 1.807) is 31.4 Å². The predicted octanol–water partition coefficient (Wildman–Crippen LogP) is 3.49. The first-order chi connectivity index (χ1) is 14.3. The molecule has 30 heavy (non-hydrogen) atoms. The Bertz CT molecular complexity index is 1150. The summed E-state index contributed by atoms with van der Waals surface area (Å²) < 4.78 is 11.6. The molecule has 156 valence electrons. The molecule has 0 aliphatic carbocycles. The lowest BCUT2D eigenvalue weighted by Gasteiger charge is -2.12. The number of aryl methyl sites for hydroxylation is 3. The molecule has 7 nitrogen and oxygen atoms in total. The van der Waals surface area contributed by atoms with Crippen molar-refractivity contribution in [2.24, 2.45) is 0 Å². The second kappa shape index (κ2) is 8.82. The van der Waals surface area contributed by atoms with Crippen LogP contribution >= 0.6 is 0 Å². The fourth-order valence-corrected chi connectivity index (χ4v) is 3.19. The lowest BCUT2D eigenvalue weighted by atomic mass is 9.99. The summed E-state index contributed by atoms with van der Waals surface area (Å²) in [6, 6.07) is 12.3. The number of rotatable bonds is 6. The maximum absolute atomic E-state index is 12.5. The number of hydrogen-bond acceptors (Lipinski definition) is 5. The summed E-state index contributed by atoms with van der Waals surface area (Å²) in [5.41, 5.74) is 5.17. The number of nitrogens with one attached hydrogen (secondary N) is 1. The maximum Gasteiger partial charge on any atom is 0.267 e. The van der Waals surface area contributed by atoms with E-state index >= 15 is 0 Å². The normalized spacial score (nSPS) is 10.6. The van der Waals surface area contributed by atoms with E-state index in [0.717, 1.165) is 16.7 Å². The van der Waals surface area contributed by atoms with E-state index in [9.17, 15) is 9.59 Å². The van der Waals surface area contributed by atoms with Crippen molar-refractivity contribution in [1.82, 2.24) is 9.78 Å². The molecule has 7 heteroatoms. The largest absolute Gasteiger partial charge is 0.493 e. The zero-order chi connectivity index (χ0) is 21.8. The Labute approximate surface area is 175 Å². The number of ether oxygens (including phenoxy) is 2. The van der Waals surface area contributed by atoms with Gasteiger partial charge in [0.2, 0.25) is 5.91 Å². The van der Waals surface area contributed by atoms with E-state index in [2.05, 4.69) is 23.4 Å². The van der Waals surface area contributed by atoms with Crippen LogP contribution < -0.4 is 20.3 Å². The Morgan fingerprint density at radius 3 is 2.33 bits per heavy atom. The third kappa shape index (κ3) is 4.51. The maximum atomic E-state index is 12.5. The van der Waals surface area contributed by atoms with Crippen molar-refractivity contribution < 1.29 is 14.3 Å². The molecule has 3 rings (SSSR count). The topological polar surface area (TPSA) is 82.5 Å². The zero-order valence-corrected chi connectivity index (χ0v) is 17.8. The molecule has 1 N–H and O–H groups in total. The quantitative estimate of drug-likeness (QED) is 0.676. The Morgan fingerprint density at radius 2 is 1.63 bits per heavy atom. The first-order valence-electron chi connectivity index (χ1n) is 9.50. The van der Waals surface area contributed by atoms with Gasteiger partial charge in [-0.15, -0.1) is 0 Å². The molecular formula is C23H25N3O4. The fourth-order valence-electron chi connectivity index (χ4n) is 3.19. The molecule has 0 saturated carbocycles. The highest BCUT2D eigenvalue weighted by molar-refractivity contribution is 5.90. The van der Waals surface area contributed by atoms with Gasteiger partial charge in [0.1, 0.15) is 6.54 Å². The minimum Gasteiger partial charge on any atom is -0.493 e. The predicted molar refractivity (Wildman–Crippen MR) is 116 cm³/mol. The average Bonchev–Trinajstić information content (AvgIpc) is 2.72. The van der Waals surface area contributed by atoms with Gasteiger partial charge in [0, 0.05) is 23.4 Å². The molecule has 1 heterocycles. The van der Waals surface area contributed by atoms with E-state index in [0.29, 0.717) is 22.9 Å². The Morgan fingerprint density at radius 1 is 0.933 bits per heavy atom. The molecule has 0 aliphatic rings. The number of methoxy groups -OCH3 is 2. The van der Waals surface area contributed by atoms with Crippen LogP contribution in [0.5, 0.6) is 11.5 Å². The minimum atomic E-state index is -0.370. The molecule has 0 spiro atoms. The van der Waals surface area contributed by atoms with Gasteiger partial charge in [0.15, 0.2) is 11.5 Å². The van der Waals surface area contributed by atoms with Crippen molar-refractivity contribution in [3.63, 3.8) is 0 Å². The number of carbonyl (C=O) groups excluding carboxylic acids is 1. The van der Waals surface area contributed by atoms with Gasteiger partial charge in [-0.3, -0.25) is 9.59 Å². The lowest BCUT2D eigenvalue weighted by molar-refractivity contribution is -0.117. The van der Waals surface area contributed by atoms with E-state index in [-0.39, 0.29) is 18.0 Å². The van der Waals surface area contributed by atoms with Gasteiger partial charge < -0.3 is 14.8 Å². The van der Waals surface area contributed by atoms with Gasteiger partial charge in [-0.25, -0.2) is 4.68 Å². The summed E-state index contributed by atoms with van der Waals surface area (Å²) in [6.45, 7) is 5.89. The summed E-state index contributed by atoms with van der Waals surface area (Å²) in [5.74, 6) is 0.688. The molecule has 3 aromatic rings. The number of carbonyl (C=O) groups is 1. The van der Waals surface area contributed by atoms with Gasteiger partial charge >= 0.3 is 0 Å². The molecule has 1 amide bonds. The summed E-state index contributed by atoms with van der Waals surface area (Å²) in [5, 5.41) is 7.17. The number of benzene rings is 2. The van der Waals surface area contributed by atoms with Crippen LogP contribution in [-0.2, 0) is 11.3 Å². The standard InChI is InChI=1S/C23H25N3O4/c1-14-10-16(3)18(11-15(14)2)19-7-9-23(28)26(25-19)13-22(27)24-17-6-8-20(29-4)21(12-17)30-5/h6-12H,13H2,1-5H3,(H,24,27). The number of nitrogens with zero attached hydrogens (tertiary/aromatic N) is 2. The van der Waals surface area contributed by atoms with Crippen molar-refractivity contribution in [2.45, 2.75) is 27.3 Å². The molecule has 0 radical (unpaired) electrons. The molecule has 0 aliphatic heterocycles. The molecule has 0 saturated heterocycles. The molecule has 2 aromatic carbocycles. The van der Waals surface area contributed by atoms with Crippen LogP contribution in [0.1, 0.15) is 16.7 Å². The van der Waals surface area contributed by atoms with Crippen LogP contribution in [0.25, 0.3) is 11.3 Å². The second-order valence-electron chi connectivity index (χ2n) is 7.08. The summed E-state index contributed by atoms with van der Waals surface area (Å²) >= 11 is 0. The van der Waals surface area contributed by atoms with Gasteiger partial charge in [0.25, 0.3) is 5.56 Å². The number of amides is 1. The van der Waals surface area contributed by atoms with Crippen molar-refractivity contribution in [3.05, 3.63) is 69.5 Å². The Balaban J connectivity index is 1.83. The average molecular weight is 407 g/mol. The summed E-state index contributed by atoms with van der Waals surface area (Å²) in [4.78, 5) is 24.8. The highest BCUT2D eigenvalue weighted by Crippen LogP contribution is 2.29. The third-order valence-electron chi connectivity index (χ3n) is 4.94. The van der Waals surface area contributed by atoms with Crippen molar-refractivity contribution in [1.29, 1.82) is 0 Å². The van der Waals surface area contributed by atoms with E-state index in [1.165, 1.54) is 23.4 Å². The van der Waals surface area contributed by atoms with Gasteiger partial charge in [-0.2, -0.15) is 5.10 Å². The lowest BCUT2D eigenvalue weighted by Crippen LogP contribution is -2.29. The molecule has 0 bridgehead atoms. The molecular weight excluding hydrogens is 382 g/mol. The zero-order valence-electron chi connectivity index (χ0n) is 17.8. The highest BCUT2D eigenvalue weighted by atomic mass is 16.5. The SMILES string of the molecule is COc1ccc(NC(=O)Cn2nc(-c3cc(C)c(C)cc3C)ccc2=O)cc1OC. The monoisotopic (exact) mass is 407 g/mol. The Hall–Kier alpha value is -3.61. The van der Waals surface area contributed by atoms with Crippen LogP contribution in [0.2, 0.25) is 0 Å². The van der Waals surface area contributed by atoms with E-state index < -0.39 is 0 Å². The first-order valence-corrected chi connectivity index (χ1v) is 9.50. The molecule has 1 aromatic heterocycles. The number of hydrogen-bond donors (Lipinski definition) is 1. The van der Waals surface area contributed by atoms with Gasteiger partial charge in [-0.1, -0.05) is 6.07 Å². The van der Waals surface area contributed by atoms with Crippen LogP contribution in [0, 0.1) is 20.8 Å². The number of aromatic nitrogens is 2. The smallest absolute Gasteiger partial charge is 0.267 e. The fraction of sp³-hybridized carbons (Fsp3) is 0.261. The first kappa shape index (κ1) is 21.1. The summed E-state index contributed by atoms with van der Waals surface area (Å²) in [6.07, 6.45) is 0. The van der Waals surface area contributed by atoms with Crippen LogP contribution in [0.4, 0.5) is 5.69 Å². The van der Waals surface area contributed by atoms with Crippen LogP contribution in [0.15, 0.2) is 47.3 Å². The van der Waals surface area contributed by atoms with E-state index in [1.807, 2.05) is 19.9 Å². The van der Waals surface area contributed by atoms with Crippen LogP contribution in [-0.4, -0.2) is 29.9 Å². The molecule has 0 atom stereocenters. The highest BCUT2D eigenvalue weighted by Gasteiger charge is 2.12. The van der Waals surface area contributed by atoms with Gasteiger partial charge in [-0.05, 0) is 61.7 Å². The Kier molecular flexibility index (Phi) is 6.20. The van der Waals surface area contributed by atoms with Crippen LogP contribution in [0.3, 0.4) is 0 Å². The van der Waals surface area contributed by atoms with Crippen molar-refractivity contribution in [2.75, 3.05) is 19.5 Å². The minimum absolute atomic E-state index is 0.203. The molecule has 0 fully saturated rings. The molecule has 0 unspecified atom stereocenters. The van der Waals surface area contributed by atoms with Crippen molar-refractivity contribution in [3.8, 4) is 22.8 Å². The van der Waals surface area contributed by atoms with E-state index in [4.69, 9.17) is 9.47 Å². The summed E-state index contributed by atoms with van der Waals surface area (Å²) in [7, 11) is 3.06. The number of anilines is 1.